The third kappa shape index (κ3) is 2.63. The zero-order valence-electron chi connectivity index (χ0n) is 10.8. The van der Waals surface area contributed by atoms with E-state index in [4.69, 9.17) is 0 Å². The Bertz CT molecular complexity index is 704. The summed E-state index contributed by atoms with van der Waals surface area (Å²) >= 11 is 0. The molecule has 5 nitrogen and oxygen atoms in total. The van der Waals surface area contributed by atoms with Gasteiger partial charge in [-0.05, 0) is 25.5 Å². The van der Waals surface area contributed by atoms with E-state index in [1.807, 2.05) is 12.1 Å². The second-order valence-corrected chi connectivity index (χ2v) is 6.54. The number of benzene rings is 1. The van der Waals surface area contributed by atoms with Crippen LogP contribution in [0.2, 0.25) is 0 Å². The molecule has 0 fully saturated rings. The van der Waals surface area contributed by atoms with Crippen molar-refractivity contribution in [3.63, 3.8) is 0 Å². The Morgan fingerprint density at radius 1 is 1.37 bits per heavy atom. The van der Waals surface area contributed by atoms with Crippen molar-refractivity contribution in [1.82, 2.24) is 9.71 Å². The highest BCUT2D eigenvalue weighted by Gasteiger charge is 2.23. The zero-order chi connectivity index (χ0) is 14.0. The molecule has 0 saturated carbocycles. The first-order valence-corrected chi connectivity index (χ1v) is 7.62. The van der Waals surface area contributed by atoms with Crippen LogP contribution in [0, 0.1) is 0 Å². The molecule has 0 aliphatic carbocycles. The van der Waals surface area contributed by atoms with Gasteiger partial charge in [-0.2, -0.15) is 0 Å². The molecule has 2 N–H and O–H groups in total. The summed E-state index contributed by atoms with van der Waals surface area (Å²) in [6.45, 7) is 3.34. The second kappa shape index (κ2) is 5.05. The van der Waals surface area contributed by atoms with Crippen LogP contribution < -0.4 is 4.72 Å². The number of fused-ring (bicyclic) bond motifs is 1. The number of para-hydroxylation sites is 1. The van der Waals surface area contributed by atoms with E-state index in [1.165, 1.54) is 0 Å². The number of aromatic nitrogens is 1. The number of amides is 1. The van der Waals surface area contributed by atoms with Crippen molar-refractivity contribution in [2.24, 2.45) is 0 Å². The van der Waals surface area contributed by atoms with Gasteiger partial charge in [0.15, 0.2) is 0 Å². The fourth-order valence-corrected chi connectivity index (χ4v) is 2.79. The van der Waals surface area contributed by atoms with Crippen LogP contribution in [-0.4, -0.2) is 24.6 Å². The SMILES string of the molecule is CC[C@H](C)S(=O)(=O)NC(=O)c1cccc2cc[nH]c12. The summed E-state index contributed by atoms with van der Waals surface area (Å²) in [6.07, 6.45) is 2.17. The lowest BCUT2D eigenvalue weighted by molar-refractivity contribution is 0.0982. The van der Waals surface area contributed by atoms with E-state index in [0.29, 0.717) is 17.5 Å². The molecule has 1 amide bonds. The average molecular weight is 280 g/mol. The molecule has 102 valence electrons. The topological polar surface area (TPSA) is 79.0 Å². The predicted octanol–water partition coefficient (Wildman–Crippen LogP) is 2.03. The van der Waals surface area contributed by atoms with E-state index >= 15 is 0 Å². The van der Waals surface area contributed by atoms with Crippen molar-refractivity contribution in [2.75, 3.05) is 0 Å². The Labute approximate surface area is 112 Å². The summed E-state index contributed by atoms with van der Waals surface area (Å²) in [5.74, 6) is -0.603. The van der Waals surface area contributed by atoms with E-state index in [9.17, 15) is 13.2 Å². The highest BCUT2D eigenvalue weighted by molar-refractivity contribution is 7.90. The van der Waals surface area contributed by atoms with Gasteiger partial charge in [0.2, 0.25) is 10.0 Å². The average Bonchev–Trinajstić information content (AvgIpc) is 2.84. The highest BCUT2D eigenvalue weighted by atomic mass is 32.2. The monoisotopic (exact) mass is 280 g/mol. The summed E-state index contributed by atoms with van der Waals surface area (Å²) in [5, 5.41) is 0.271. The van der Waals surface area contributed by atoms with Crippen molar-refractivity contribution in [2.45, 2.75) is 25.5 Å². The lowest BCUT2D eigenvalue weighted by atomic mass is 10.1. The van der Waals surface area contributed by atoms with Gasteiger partial charge in [-0.1, -0.05) is 19.1 Å². The smallest absolute Gasteiger partial charge is 0.266 e. The fourth-order valence-electron chi connectivity index (χ4n) is 1.78. The fraction of sp³-hybridized carbons (Fsp3) is 0.308. The van der Waals surface area contributed by atoms with Gasteiger partial charge < -0.3 is 4.98 Å². The Kier molecular flexibility index (Phi) is 3.61. The molecule has 6 heteroatoms. The van der Waals surface area contributed by atoms with Gasteiger partial charge >= 0.3 is 0 Å². The molecule has 1 aromatic heterocycles. The summed E-state index contributed by atoms with van der Waals surface area (Å²) < 4.78 is 25.9. The molecule has 0 aliphatic rings. The number of H-pyrrole nitrogens is 1. The maximum absolute atomic E-state index is 12.1. The number of carbonyl (C=O) groups excluding carboxylic acids is 1. The van der Waals surface area contributed by atoms with Gasteiger partial charge in [0, 0.05) is 11.6 Å². The Hall–Kier alpha value is -1.82. The molecular weight excluding hydrogens is 264 g/mol. The number of carbonyl (C=O) groups is 1. The molecule has 0 spiro atoms. The van der Waals surface area contributed by atoms with Gasteiger partial charge in [0.05, 0.1) is 16.3 Å². The Balaban J connectivity index is 2.33. The second-order valence-electron chi connectivity index (χ2n) is 4.44. The highest BCUT2D eigenvalue weighted by Crippen LogP contribution is 2.17. The first-order valence-electron chi connectivity index (χ1n) is 6.07. The molecule has 1 aromatic carbocycles. The first kappa shape index (κ1) is 13.6. The normalized spacial score (nSPS) is 13.4. The molecule has 0 bridgehead atoms. The van der Waals surface area contributed by atoms with Crippen molar-refractivity contribution in [3.8, 4) is 0 Å². The van der Waals surface area contributed by atoms with Crippen LogP contribution in [0.15, 0.2) is 30.5 Å². The minimum atomic E-state index is -3.62. The maximum Gasteiger partial charge on any atom is 0.266 e. The van der Waals surface area contributed by atoms with Crippen LogP contribution in [-0.2, 0) is 10.0 Å². The quantitative estimate of drug-likeness (QED) is 0.899. The van der Waals surface area contributed by atoms with Gasteiger partial charge in [-0.25, -0.2) is 13.1 Å². The molecule has 1 atom stereocenters. The van der Waals surface area contributed by atoms with Crippen molar-refractivity contribution >= 4 is 26.8 Å². The molecule has 1 heterocycles. The van der Waals surface area contributed by atoms with Crippen LogP contribution in [0.4, 0.5) is 0 Å². The van der Waals surface area contributed by atoms with Gasteiger partial charge in [0.1, 0.15) is 0 Å². The zero-order valence-corrected chi connectivity index (χ0v) is 11.6. The lowest BCUT2D eigenvalue weighted by Crippen LogP contribution is -2.36. The number of sulfonamides is 1. The standard InChI is InChI=1S/C13H16N2O3S/c1-3-9(2)19(17,18)15-13(16)11-6-4-5-10-7-8-14-12(10)11/h4-9,14H,3H2,1-2H3,(H,15,16)/t9-/m0/s1. The van der Waals surface area contributed by atoms with Gasteiger partial charge in [-0.3, -0.25) is 4.79 Å². The number of nitrogens with one attached hydrogen (secondary N) is 2. The van der Waals surface area contributed by atoms with Crippen molar-refractivity contribution < 1.29 is 13.2 Å². The molecular formula is C13H16N2O3S. The largest absolute Gasteiger partial charge is 0.361 e. The van der Waals surface area contributed by atoms with Crippen LogP contribution >= 0.6 is 0 Å². The molecule has 2 rings (SSSR count). The van der Waals surface area contributed by atoms with E-state index in [-0.39, 0.29) is 0 Å². The molecule has 19 heavy (non-hydrogen) atoms. The minimum Gasteiger partial charge on any atom is -0.361 e. The third-order valence-electron chi connectivity index (χ3n) is 3.17. The molecule has 0 aliphatic heterocycles. The summed E-state index contributed by atoms with van der Waals surface area (Å²) in [4.78, 5) is 15.0. The van der Waals surface area contributed by atoms with E-state index in [1.54, 1.807) is 32.2 Å². The molecule has 2 aromatic rings. The van der Waals surface area contributed by atoms with Crippen molar-refractivity contribution in [1.29, 1.82) is 0 Å². The maximum atomic E-state index is 12.1. The predicted molar refractivity (Wildman–Crippen MR) is 74.4 cm³/mol. The third-order valence-corrected chi connectivity index (χ3v) is 5.03. The molecule has 0 radical (unpaired) electrons. The molecule has 0 saturated heterocycles. The van der Waals surface area contributed by atoms with Crippen LogP contribution in [0.25, 0.3) is 10.9 Å². The van der Waals surface area contributed by atoms with E-state index in [0.717, 1.165) is 5.39 Å². The Morgan fingerprint density at radius 3 is 2.79 bits per heavy atom. The number of hydrogen-bond acceptors (Lipinski definition) is 3. The van der Waals surface area contributed by atoms with Crippen LogP contribution in [0.5, 0.6) is 0 Å². The minimum absolute atomic E-state index is 0.328. The number of aromatic amines is 1. The Morgan fingerprint density at radius 2 is 2.11 bits per heavy atom. The summed E-state index contributed by atoms with van der Waals surface area (Å²) in [6, 6.07) is 7.00. The van der Waals surface area contributed by atoms with Crippen molar-refractivity contribution in [3.05, 3.63) is 36.0 Å². The van der Waals surface area contributed by atoms with E-state index < -0.39 is 21.2 Å². The van der Waals surface area contributed by atoms with Gasteiger partial charge in [-0.15, -0.1) is 0 Å². The lowest BCUT2D eigenvalue weighted by Gasteiger charge is -2.12. The first-order chi connectivity index (χ1) is 8.95. The number of hydrogen-bond donors (Lipinski definition) is 2. The van der Waals surface area contributed by atoms with E-state index in [2.05, 4.69) is 9.71 Å². The summed E-state index contributed by atoms with van der Waals surface area (Å²) in [7, 11) is -3.62. The summed E-state index contributed by atoms with van der Waals surface area (Å²) in [5.41, 5.74) is 0.966. The number of rotatable bonds is 4. The van der Waals surface area contributed by atoms with Crippen LogP contribution in [0.1, 0.15) is 30.6 Å². The van der Waals surface area contributed by atoms with Crippen LogP contribution in [0.3, 0.4) is 0 Å². The molecule has 0 unspecified atom stereocenters. The van der Waals surface area contributed by atoms with Gasteiger partial charge in [0.25, 0.3) is 5.91 Å².